The SMILES string of the molecule is Cc1ccc(C(=O)CCC(=O)Nc2nc3c(s2)C[C@@H](C)CC3)s1. The Morgan fingerprint density at radius 1 is 1.30 bits per heavy atom. The van der Waals surface area contributed by atoms with Crippen LogP contribution in [0, 0.1) is 12.8 Å². The number of aryl methyl sites for hydroxylation is 2. The molecule has 0 bridgehead atoms. The molecule has 0 saturated carbocycles. The van der Waals surface area contributed by atoms with Gasteiger partial charge in [-0.2, -0.15) is 0 Å². The summed E-state index contributed by atoms with van der Waals surface area (Å²) in [5.74, 6) is 0.592. The van der Waals surface area contributed by atoms with Crippen molar-refractivity contribution in [2.24, 2.45) is 5.92 Å². The van der Waals surface area contributed by atoms with Gasteiger partial charge in [0.1, 0.15) is 0 Å². The van der Waals surface area contributed by atoms with Crippen molar-refractivity contribution in [3.63, 3.8) is 0 Å². The average Bonchev–Trinajstić information content (AvgIpc) is 3.10. The van der Waals surface area contributed by atoms with Crippen LogP contribution in [0.5, 0.6) is 0 Å². The number of ketones is 1. The van der Waals surface area contributed by atoms with Crippen molar-refractivity contribution in [1.82, 2.24) is 4.98 Å². The predicted octanol–water partition coefficient (Wildman–Crippen LogP) is 4.24. The van der Waals surface area contributed by atoms with Crippen molar-refractivity contribution >= 4 is 39.5 Å². The van der Waals surface area contributed by atoms with Crippen molar-refractivity contribution in [1.29, 1.82) is 0 Å². The molecule has 2 aromatic heterocycles. The van der Waals surface area contributed by atoms with Gasteiger partial charge in [-0.25, -0.2) is 4.98 Å². The first-order chi connectivity index (χ1) is 11.0. The molecule has 0 unspecified atom stereocenters. The van der Waals surface area contributed by atoms with Crippen LogP contribution in [0.25, 0.3) is 0 Å². The van der Waals surface area contributed by atoms with Gasteiger partial charge in [0.15, 0.2) is 10.9 Å². The van der Waals surface area contributed by atoms with E-state index >= 15 is 0 Å². The molecule has 4 nitrogen and oxygen atoms in total. The number of carbonyl (C=O) groups is 2. The summed E-state index contributed by atoms with van der Waals surface area (Å²) < 4.78 is 0. The number of fused-ring (bicyclic) bond motifs is 1. The van der Waals surface area contributed by atoms with E-state index in [-0.39, 0.29) is 24.5 Å². The van der Waals surface area contributed by atoms with E-state index in [1.54, 1.807) is 11.3 Å². The van der Waals surface area contributed by atoms with E-state index in [0.717, 1.165) is 28.3 Å². The smallest absolute Gasteiger partial charge is 0.226 e. The monoisotopic (exact) mass is 348 g/mol. The summed E-state index contributed by atoms with van der Waals surface area (Å²) in [6, 6.07) is 3.76. The van der Waals surface area contributed by atoms with Gasteiger partial charge in [-0.15, -0.1) is 22.7 Å². The number of thiazole rings is 1. The molecule has 0 radical (unpaired) electrons. The van der Waals surface area contributed by atoms with Crippen molar-refractivity contribution in [3.8, 4) is 0 Å². The summed E-state index contributed by atoms with van der Waals surface area (Å²) in [5, 5.41) is 3.52. The molecule has 0 aliphatic heterocycles. The van der Waals surface area contributed by atoms with Gasteiger partial charge < -0.3 is 5.32 Å². The van der Waals surface area contributed by atoms with Crippen LogP contribution in [0.1, 0.15) is 51.3 Å². The number of hydrogen-bond donors (Lipinski definition) is 1. The molecule has 3 rings (SSSR count). The zero-order valence-electron chi connectivity index (χ0n) is 13.3. The molecule has 0 saturated heterocycles. The quantitative estimate of drug-likeness (QED) is 0.822. The molecular formula is C17H20N2O2S2. The highest BCUT2D eigenvalue weighted by atomic mass is 32.1. The molecule has 122 valence electrons. The fourth-order valence-electron chi connectivity index (χ4n) is 2.71. The van der Waals surface area contributed by atoms with Gasteiger partial charge in [0.2, 0.25) is 5.91 Å². The first kappa shape index (κ1) is 16.3. The highest BCUT2D eigenvalue weighted by molar-refractivity contribution is 7.16. The molecular weight excluding hydrogens is 328 g/mol. The first-order valence-electron chi connectivity index (χ1n) is 7.89. The topological polar surface area (TPSA) is 59.1 Å². The van der Waals surface area contributed by atoms with E-state index in [9.17, 15) is 9.59 Å². The van der Waals surface area contributed by atoms with Crippen LogP contribution in [0.4, 0.5) is 5.13 Å². The molecule has 2 heterocycles. The molecule has 0 aromatic carbocycles. The molecule has 6 heteroatoms. The number of hydrogen-bond acceptors (Lipinski definition) is 5. The number of nitrogens with zero attached hydrogens (tertiary/aromatic N) is 1. The number of amides is 1. The average molecular weight is 348 g/mol. The van der Waals surface area contributed by atoms with Crippen LogP contribution >= 0.6 is 22.7 Å². The van der Waals surface area contributed by atoms with Gasteiger partial charge in [0.05, 0.1) is 10.6 Å². The minimum atomic E-state index is -0.134. The molecule has 2 aromatic rings. The maximum absolute atomic E-state index is 12.0. The van der Waals surface area contributed by atoms with Gasteiger partial charge in [-0.1, -0.05) is 6.92 Å². The lowest BCUT2D eigenvalue weighted by Gasteiger charge is -2.15. The van der Waals surface area contributed by atoms with E-state index in [4.69, 9.17) is 0 Å². The Balaban J connectivity index is 1.52. The van der Waals surface area contributed by atoms with Gasteiger partial charge in [0, 0.05) is 22.6 Å². The normalized spacial score (nSPS) is 16.9. The number of nitrogens with one attached hydrogen (secondary N) is 1. The van der Waals surface area contributed by atoms with E-state index in [2.05, 4.69) is 17.2 Å². The van der Waals surface area contributed by atoms with Crippen LogP contribution in [0.2, 0.25) is 0 Å². The number of aromatic nitrogens is 1. The number of rotatable bonds is 5. The molecule has 1 amide bonds. The Labute approximate surface area is 144 Å². The van der Waals surface area contributed by atoms with E-state index in [1.807, 2.05) is 19.1 Å². The number of Topliss-reactive ketones (excluding diaryl/α,β-unsaturated/α-hetero) is 1. The van der Waals surface area contributed by atoms with Gasteiger partial charge in [-0.3, -0.25) is 9.59 Å². The summed E-state index contributed by atoms with van der Waals surface area (Å²) >= 11 is 3.05. The minimum Gasteiger partial charge on any atom is -0.302 e. The Kier molecular flexibility index (Phi) is 4.92. The Bertz CT molecular complexity index is 733. The van der Waals surface area contributed by atoms with Crippen LogP contribution in [0.15, 0.2) is 12.1 Å². The standard InChI is InChI=1S/C17H20N2O2S2/c1-10-3-5-12-15(9-10)23-17(18-12)19-16(21)8-6-13(20)14-7-4-11(2)22-14/h4,7,10H,3,5-6,8-9H2,1-2H3,(H,18,19,21)/t10-/m0/s1. The second kappa shape index (κ2) is 6.93. The molecule has 0 spiro atoms. The van der Waals surface area contributed by atoms with Crippen LogP contribution in [0.3, 0.4) is 0 Å². The first-order valence-corrected chi connectivity index (χ1v) is 9.52. The zero-order valence-corrected chi connectivity index (χ0v) is 15.0. The molecule has 1 atom stereocenters. The highest BCUT2D eigenvalue weighted by Gasteiger charge is 2.20. The van der Waals surface area contributed by atoms with Crippen molar-refractivity contribution < 1.29 is 9.59 Å². The molecule has 1 aliphatic rings. The van der Waals surface area contributed by atoms with E-state index in [1.165, 1.54) is 22.6 Å². The number of carbonyl (C=O) groups excluding carboxylic acids is 2. The maximum atomic E-state index is 12.0. The Morgan fingerprint density at radius 2 is 2.13 bits per heavy atom. The van der Waals surface area contributed by atoms with Crippen molar-refractivity contribution in [2.45, 2.75) is 46.0 Å². The van der Waals surface area contributed by atoms with E-state index < -0.39 is 0 Å². The second-order valence-electron chi connectivity index (χ2n) is 6.12. The summed E-state index contributed by atoms with van der Waals surface area (Å²) in [6.45, 7) is 4.22. The van der Waals surface area contributed by atoms with Gasteiger partial charge >= 0.3 is 0 Å². The van der Waals surface area contributed by atoms with E-state index in [0.29, 0.717) is 11.0 Å². The highest BCUT2D eigenvalue weighted by Crippen LogP contribution is 2.32. The van der Waals surface area contributed by atoms with Crippen LogP contribution in [-0.2, 0) is 17.6 Å². The molecule has 1 N–H and O–H groups in total. The lowest BCUT2D eigenvalue weighted by molar-refractivity contribution is -0.116. The van der Waals surface area contributed by atoms with Crippen molar-refractivity contribution in [3.05, 3.63) is 32.5 Å². The molecule has 1 aliphatic carbocycles. The van der Waals surface area contributed by atoms with Crippen molar-refractivity contribution in [2.75, 3.05) is 5.32 Å². The zero-order chi connectivity index (χ0) is 16.4. The van der Waals surface area contributed by atoms with Gasteiger partial charge in [-0.05, 0) is 44.2 Å². The summed E-state index contributed by atoms with van der Waals surface area (Å²) in [5.41, 5.74) is 1.13. The number of thiophene rings is 1. The van der Waals surface area contributed by atoms with Gasteiger partial charge in [0.25, 0.3) is 0 Å². The van der Waals surface area contributed by atoms with Crippen LogP contribution < -0.4 is 5.32 Å². The Hall–Kier alpha value is -1.53. The van der Waals surface area contributed by atoms with Crippen LogP contribution in [-0.4, -0.2) is 16.7 Å². The summed E-state index contributed by atoms with van der Waals surface area (Å²) in [6.07, 6.45) is 3.67. The summed E-state index contributed by atoms with van der Waals surface area (Å²) in [7, 11) is 0. The third kappa shape index (κ3) is 4.06. The third-order valence-corrected chi connectivity index (χ3v) is 6.10. The molecule has 23 heavy (non-hydrogen) atoms. The predicted molar refractivity (Wildman–Crippen MR) is 94.6 cm³/mol. The Morgan fingerprint density at radius 3 is 2.87 bits per heavy atom. The second-order valence-corrected chi connectivity index (χ2v) is 8.49. The maximum Gasteiger partial charge on any atom is 0.226 e. The fourth-order valence-corrected chi connectivity index (χ4v) is 4.73. The molecule has 0 fully saturated rings. The lowest BCUT2D eigenvalue weighted by atomic mass is 9.93. The minimum absolute atomic E-state index is 0.0329. The largest absolute Gasteiger partial charge is 0.302 e. The third-order valence-electron chi connectivity index (χ3n) is 4.03. The lowest BCUT2D eigenvalue weighted by Crippen LogP contribution is -2.13. The fraction of sp³-hybridized carbons (Fsp3) is 0.471. The number of anilines is 1. The summed E-state index contributed by atoms with van der Waals surface area (Å²) in [4.78, 5) is 31.7.